The Kier molecular flexibility index (Phi) is 2.58. The molecule has 0 saturated carbocycles. The molecule has 0 radical (unpaired) electrons. The van der Waals surface area contributed by atoms with Gasteiger partial charge in [0, 0.05) is 26.6 Å². The maximum absolute atomic E-state index is 9.85. The summed E-state index contributed by atoms with van der Waals surface area (Å²) in [5.74, 6) is 1.62. The van der Waals surface area contributed by atoms with Crippen LogP contribution >= 0.6 is 0 Å². The summed E-state index contributed by atoms with van der Waals surface area (Å²) in [6.45, 7) is 1.78. The number of rotatable bonds is 4. The summed E-state index contributed by atoms with van der Waals surface area (Å²) in [4.78, 5) is 0. The lowest BCUT2D eigenvalue weighted by Crippen LogP contribution is -2.60. The highest BCUT2D eigenvalue weighted by Crippen LogP contribution is 2.19. The predicted octanol–water partition coefficient (Wildman–Crippen LogP) is 0.303. The summed E-state index contributed by atoms with van der Waals surface area (Å²) in [5.41, 5.74) is -0.609. The zero-order chi connectivity index (χ0) is 10.0. The number of methoxy groups -OCH3 is 1. The molecule has 0 aromatic carbocycles. The van der Waals surface area contributed by atoms with Gasteiger partial charge in [-0.05, 0) is 12.1 Å². The smallest absolute Gasteiger partial charge is 0.129 e. The number of furan rings is 1. The van der Waals surface area contributed by atoms with E-state index in [4.69, 9.17) is 9.15 Å². The SMILES string of the molecule is COCc1ccc(CC2(O)CNC2)o1. The summed E-state index contributed by atoms with van der Waals surface area (Å²) >= 11 is 0. The largest absolute Gasteiger partial charge is 0.464 e. The van der Waals surface area contributed by atoms with Gasteiger partial charge in [0.2, 0.25) is 0 Å². The first-order chi connectivity index (χ1) is 6.72. The number of aliphatic hydroxyl groups is 1. The van der Waals surface area contributed by atoms with Crippen LogP contribution in [-0.4, -0.2) is 30.9 Å². The summed E-state index contributed by atoms with van der Waals surface area (Å²) in [7, 11) is 1.63. The number of hydrogen-bond acceptors (Lipinski definition) is 4. The molecule has 4 nitrogen and oxygen atoms in total. The number of ether oxygens (including phenoxy) is 1. The first kappa shape index (κ1) is 9.71. The van der Waals surface area contributed by atoms with Crippen LogP contribution in [0, 0.1) is 0 Å². The minimum absolute atomic E-state index is 0.483. The van der Waals surface area contributed by atoms with Crippen LogP contribution in [-0.2, 0) is 17.8 Å². The molecule has 0 aliphatic carbocycles. The van der Waals surface area contributed by atoms with E-state index < -0.39 is 5.60 Å². The van der Waals surface area contributed by atoms with E-state index in [1.807, 2.05) is 12.1 Å². The number of hydrogen-bond donors (Lipinski definition) is 2. The Labute approximate surface area is 82.9 Å². The Bertz CT molecular complexity index is 304. The van der Waals surface area contributed by atoms with Gasteiger partial charge in [-0.15, -0.1) is 0 Å². The van der Waals surface area contributed by atoms with Crippen LogP contribution in [0.15, 0.2) is 16.5 Å². The molecule has 1 aliphatic heterocycles. The van der Waals surface area contributed by atoms with Crippen molar-refractivity contribution in [3.63, 3.8) is 0 Å². The highest BCUT2D eigenvalue weighted by atomic mass is 16.5. The number of β-amino-alcohol motifs (C(OH)–C–C–N with tert-alkyl or cyclic N) is 1. The molecule has 2 heterocycles. The van der Waals surface area contributed by atoms with Crippen molar-refractivity contribution in [2.75, 3.05) is 20.2 Å². The van der Waals surface area contributed by atoms with Crippen molar-refractivity contribution >= 4 is 0 Å². The van der Waals surface area contributed by atoms with Gasteiger partial charge in [-0.2, -0.15) is 0 Å². The molecule has 0 unspecified atom stereocenters. The van der Waals surface area contributed by atoms with Crippen molar-refractivity contribution in [3.8, 4) is 0 Å². The average Bonchev–Trinajstić information content (AvgIpc) is 2.51. The van der Waals surface area contributed by atoms with E-state index in [1.165, 1.54) is 0 Å². The molecule has 1 aromatic heterocycles. The monoisotopic (exact) mass is 197 g/mol. The molecule has 14 heavy (non-hydrogen) atoms. The molecule has 0 atom stereocenters. The van der Waals surface area contributed by atoms with Gasteiger partial charge in [0.05, 0.1) is 5.60 Å². The number of nitrogens with one attached hydrogen (secondary N) is 1. The Balaban J connectivity index is 1.95. The lowest BCUT2D eigenvalue weighted by molar-refractivity contribution is -0.0134. The first-order valence-corrected chi connectivity index (χ1v) is 4.71. The summed E-state index contributed by atoms with van der Waals surface area (Å²) < 4.78 is 10.4. The lowest BCUT2D eigenvalue weighted by atomic mass is 9.92. The third kappa shape index (κ3) is 1.97. The van der Waals surface area contributed by atoms with E-state index in [1.54, 1.807) is 7.11 Å². The minimum Gasteiger partial charge on any atom is -0.464 e. The Morgan fingerprint density at radius 2 is 2.21 bits per heavy atom. The Morgan fingerprint density at radius 1 is 1.50 bits per heavy atom. The average molecular weight is 197 g/mol. The molecular formula is C10H15NO3. The van der Waals surface area contributed by atoms with Crippen LogP contribution in [0.4, 0.5) is 0 Å². The van der Waals surface area contributed by atoms with Crippen molar-refractivity contribution < 1.29 is 14.3 Å². The lowest BCUT2D eigenvalue weighted by Gasteiger charge is -2.36. The van der Waals surface area contributed by atoms with Crippen molar-refractivity contribution in [3.05, 3.63) is 23.7 Å². The maximum Gasteiger partial charge on any atom is 0.129 e. The Hall–Kier alpha value is -0.840. The fraction of sp³-hybridized carbons (Fsp3) is 0.600. The van der Waals surface area contributed by atoms with E-state index in [9.17, 15) is 5.11 Å². The van der Waals surface area contributed by atoms with Gasteiger partial charge in [0.1, 0.15) is 18.1 Å². The van der Waals surface area contributed by atoms with Gasteiger partial charge in [0.25, 0.3) is 0 Å². The highest BCUT2D eigenvalue weighted by Gasteiger charge is 2.35. The fourth-order valence-corrected chi connectivity index (χ4v) is 1.60. The van der Waals surface area contributed by atoms with E-state index in [-0.39, 0.29) is 0 Å². The predicted molar refractivity (Wildman–Crippen MR) is 50.9 cm³/mol. The quantitative estimate of drug-likeness (QED) is 0.729. The third-order valence-corrected chi connectivity index (χ3v) is 2.42. The summed E-state index contributed by atoms with van der Waals surface area (Å²) in [5, 5.41) is 12.9. The molecule has 4 heteroatoms. The van der Waals surface area contributed by atoms with E-state index in [0.29, 0.717) is 26.1 Å². The van der Waals surface area contributed by atoms with Gasteiger partial charge in [-0.25, -0.2) is 0 Å². The molecule has 2 N–H and O–H groups in total. The zero-order valence-electron chi connectivity index (χ0n) is 8.25. The van der Waals surface area contributed by atoms with Crippen LogP contribution in [0.5, 0.6) is 0 Å². The molecule has 1 aromatic rings. The van der Waals surface area contributed by atoms with Crippen LogP contribution in [0.3, 0.4) is 0 Å². The van der Waals surface area contributed by atoms with Gasteiger partial charge in [0.15, 0.2) is 0 Å². The van der Waals surface area contributed by atoms with Crippen LogP contribution in [0.25, 0.3) is 0 Å². The maximum atomic E-state index is 9.85. The molecule has 2 rings (SSSR count). The first-order valence-electron chi connectivity index (χ1n) is 4.71. The normalized spacial score (nSPS) is 19.3. The minimum atomic E-state index is -0.609. The molecule has 78 valence electrons. The molecule has 1 aliphatic rings. The molecule has 0 amide bonds. The zero-order valence-corrected chi connectivity index (χ0v) is 8.25. The molecular weight excluding hydrogens is 182 g/mol. The summed E-state index contributed by atoms with van der Waals surface area (Å²) in [6, 6.07) is 3.78. The molecule has 1 saturated heterocycles. The molecule has 0 bridgehead atoms. The Morgan fingerprint density at radius 3 is 2.79 bits per heavy atom. The second-order valence-electron chi connectivity index (χ2n) is 3.81. The van der Waals surface area contributed by atoms with Crippen molar-refractivity contribution in [1.82, 2.24) is 5.32 Å². The van der Waals surface area contributed by atoms with E-state index in [2.05, 4.69) is 5.32 Å². The highest BCUT2D eigenvalue weighted by molar-refractivity contribution is 5.11. The van der Waals surface area contributed by atoms with Crippen LogP contribution in [0.1, 0.15) is 11.5 Å². The van der Waals surface area contributed by atoms with Crippen molar-refractivity contribution in [2.45, 2.75) is 18.6 Å². The molecule has 1 fully saturated rings. The second-order valence-corrected chi connectivity index (χ2v) is 3.81. The third-order valence-electron chi connectivity index (χ3n) is 2.42. The van der Waals surface area contributed by atoms with Crippen LogP contribution in [0.2, 0.25) is 0 Å². The van der Waals surface area contributed by atoms with Gasteiger partial charge >= 0.3 is 0 Å². The molecule has 0 spiro atoms. The summed E-state index contributed by atoms with van der Waals surface area (Å²) in [6.07, 6.45) is 0.573. The van der Waals surface area contributed by atoms with Crippen molar-refractivity contribution in [1.29, 1.82) is 0 Å². The fourth-order valence-electron chi connectivity index (χ4n) is 1.60. The van der Waals surface area contributed by atoms with Gasteiger partial charge < -0.3 is 19.6 Å². The van der Waals surface area contributed by atoms with E-state index >= 15 is 0 Å². The standard InChI is InChI=1S/C10H15NO3/c1-13-5-9-3-2-8(14-9)4-10(12)6-11-7-10/h2-3,11-12H,4-7H2,1H3. The van der Waals surface area contributed by atoms with Gasteiger partial charge in [-0.3, -0.25) is 0 Å². The van der Waals surface area contributed by atoms with E-state index in [0.717, 1.165) is 11.5 Å². The van der Waals surface area contributed by atoms with Crippen LogP contribution < -0.4 is 5.32 Å². The van der Waals surface area contributed by atoms with Crippen molar-refractivity contribution in [2.24, 2.45) is 0 Å². The van der Waals surface area contributed by atoms with Gasteiger partial charge in [-0.1, -0.05) is 0 Å². The second kappa shape index (κ2) is 3.73. The topological polar surface area (TPSA) is 54.6 Å².